The van der Waals surface area contributed by atoms with Crippen molar-refractivity contribution >= 4 is 10.0 Å². The number of hydrogen-bond donors (Lipinski definition) is 1. The smallest absolute Gasteiger partial charge is 0.243 e. The largest absolute Gasteiger partial charge is 0.307 e. The van der Waals surface area contributed by atoms with Crippen molar-refractivity contribution in [2.24, 2.45) is 0 Å². The molecule has 0 aliphatic heterocycles. The van der Waals surface area contributed by atoms with E-state index in [4.69, 9.17) is 0 Å². The van der Waals surface area contributed by atoms with E-state index >= 15 is 0 Å². The van der Waals surface area contributed by atoms with Gasteiger partial charge in [0, 0.05) is 32.0 Å². The molecule has 1 aliphatic carbocycles. The zero-order chi connectivity index (χ0) is 24.8. The molecule has 1 aliphatic rings. The van der Waals surface area contributed by atoms with Crippen LogP contribution in [0.2, 0.25) is 0 Å². The Labute approximate surface area is 213 Å². The quantitative estimate of drug-likeness (QED) is 0.350. The molecule has 1 N–H and O–H groups in total. The van der Waals surface area contributed by atoms with Gasteiger partial charge in [0.1, 0.15) is 0 Å². The number of hydrogen-bond acceptors (Lipinski definition) is 5. The first kappa shape index (κ1) is 24.3. The summed E-state index contributed by atoms with van der Waals surface area (Å²) in [6.07, 6.45) is 6.14. The Kier molecular flexibility index (Phi) is 7.51. The van der Waals surface area contributed by atoms with Crippen molar-refractivity contribution in [1.82, 2.24) is 19.6 Å². The van der Waals surface area contributed by atoms with Crippen LogP contribution in [0.1, 0.15) is 47.0 Å². The number of aromatic nitrogens is 2. The van der Waals surface area contributed by atoms with Gasteiger partial charge in [-0.3, -0.25) is 9.97 Å². The van der Waals surface area contributed by atoms with Crippen LogP contribution >= 0.6 is 0 Å². The molecule has 2 aromatic heterocycles. The van der Waals surface area contributed by atoms with Crippen LogP contribution in [0, 0.1) is 0 Å². The minimum atomic E-state index is -3.79. The SMILES string of the molecule is O=S(=O)(c1cccc(CNCc2ccccn2)c1)N(Cc1ccccc1)C1CCCc2cccnc21. The number of nitrogens with one attached hydrogen (secondary N) is 1. The number of fused-ring (bicyclic) bond motifs is 1. The standard InChI is InChI=1S/C29H30N4O2S/c34-36(35,27-15-6-11-24(19-27)20-30-21-26-14-4-5-17-31-26)33(22-23-9-2-1-3-10-23)28-16-7-12-25-13-8-18-32-29(25)28/h1-6,8-11,13-15,17-19,28,30H,7,12,16,20-22H2. The van der Waals surface area contributed by atoms with Gasteiger partial charge in [0.05, 0.1) is 22.3 Å². The van der Waals surface area contributed by atoms with Crippen molar-refractivity contribution in [3.63, 3.8) is 0 Å². The maximum atomic E-state index is 14.2. The predicted octanol–water partition coefficient (Wildman–Crippen LogP) is 5.03. The molecular weight excluding hydrogens is 468 g/mol. The second kappa shape index (κ2) is 11.1. The summed E-state index contributed by atoms with van der Waals surface area (Å²) >= 11 is 0. The van der Waals surface area contributed by atoms with Gasteiger partial charge in [0.2, 0.25) is 10.0 Å². The third-order valence-electron chi connectivity index (χ3n) is 6.56. The monoisotopic (exact) mass is 498 g/mol. The van der Waals surface area contributed by atoms with E-state index < -0.39 is 10.0 Å². The van der Waals surface area contributed by atoms with E-state index in [0.717, 1.165) is 47.3 Å². The third-order valence-corrected chi connectivity index (χ3v) is 8.41. The first-order chi connectivity index (χ1) is 17.6. The molecule has 6 nitrogen and oxygen atoms in total. The maximum Gasteiger partial charge on any atom is 0.243 e. The molecule has 1 unspecified atom stereocenters. The van der Waals surface area contributed by atoms with Gasteiger partial charge in [-0.25, -0.2) is 8.42 Å². The first-order valence-corrected chi connectivity index (χ1v) is 13.7. The molecule has 7 heteroatoms. The number of pyridine rings is 2. The van der Waals surface area contributed by atoms with Crippen molar-refractivity contribution < 1.29 is 8.42 Å². The lowest BCUT2D eigenvalue weighted by Gasteiger charge is -2.34. The van der Waals surface area contributed by atoms with Crippen molar-refractivity contribution in [1.29, 1.82) is 0 Å². The lowest BCUT2D eigenvalue weighted by Crippen LogP contribution is -2.36. The molecule has 0 radical (unpaired) electrons. The van der Waals surface area contributed by atoms with Gasteiger partial charge in [-0.2, -0.15) is 4.31 Å². The highest BCUT2D eigenvalue weighted by molar-refractivity contribution is 7.89. The lowest BCUT2D eigenvalue weighted by molar-refractivity contribution is 0.281. The van der Waals surface area contributed by atoms with E-state index in [-0.39, 0.29) is 6.04 Å². The van der Waals surface area contributed by atoms with Crippen LogP contribution in [-0.2, 0) is 36.1 Å². The molecule has 1 atom stereocenters. The normalized spacial score (nSPS) is 15.5. The molecular formula is C29H30N4O2S. The summed E-state index contributed by atoms with van der Waals surface area (Å²) in [7, 11) is -3.79. The molecule has 0 amide bonds. The fourth-order valence-corrected chi connectivity index (χ4v) is 6.46. The molecule has 2 heterocycles. The van der Waals surface area contributed by atoms with Gasteiger partial charge in [0.25, 0.3) is 0 Å². The van der Waals surface area contributed by atoms with Crippen LogP contribution in [0.15, 0.2) is 102 Å². The van der Waals surface area contributed by atoms with E-state index in [1.165, 1.54) is 0 Å². The van der Waals surface area contributed by atoms with Gasteiger partial charge < -0.3 is 5.32 Å². The highest BCUT2D eigenvalue weighted by Crippen LogP contribution is 2.37. The van der Waals surface area contributed by atoms with Gasteiger partial charge in [-0.15, -0.1) is 0 Å². The zero-order valence-corrected chi connectivity index (χ0v) is 20.9. The molecule has 36 heavy (non-hydrogen) atoms. The summed E-state index contributed by atoms with van der Waals surface area (Å²) in [5.41, 5.74) is 4.82. The lowest BCUT2D eigenvalue weighted by atomic mass is 9.92. The first-order valence-electron chi connectivity index (χ1n) is 12.3. The number of nitrogens with zero attached hydrogens (tertiary/aromatic N) is 3. The van der Waals surface area contributed by atoms with Crippen molar-refractivity contribution in [3.05, 3.63) is 125 Å². The van der Waals surface area contributed by atoms with Gasteiger partial charge in [-0.05, 0) is 66.3 Å². The Morgan fingerprint density at radius 2 is 1.64 bits per heavy atom. The van der Waals surface area contributed by atoms with E-state index in [1.807, 2.05) is 66.7 Å². The van der Waals surface area contributed by atoms with Crippen LogP contribution in [0.25, 0.3) is 0 Å². The summed E-state index contributed by atoms with van der Waals surface area (Å²) in [6.45, 7) is 1.46. The van der Waals surface area contributed by atoms with Crippen LogP contribution in [0.5, 0.6) is 0 Å². The summed E-state index contributed by atoms with van der Waals surface area (Å²) in [5, 5.41) is 3.36. The molecule has 0 saturated carbocycles. The Hall–Kier alpha value is -3.39. The van der Waals surface area contributed by atoms with Crippen LogP contribution in [0.4, 0.5) is 0 Å². The number of sulfonamides is 1. The van der Waals surface area contributed by atoms with Gasteiger partial charge in [0.15, 0.2) is 0 Å². The molecule has 0 fully saturated rings. The Morgan fingerprint density at radius 1 is 0.833 bits per heavy atom. The number of benzene rings is 2. The highest BCUT2D eigenvalue weighted by atomic mass is 32.2. The topological polar surface area (TPSA) is 75.2 Å². The predicted molar refractivity (Wildman–Crippen MR) is 140 cm³/mol. The summed E-state index contributed by atoms with van der Waals surface area (Å²) in [4.78, 5) is 9.27. The number of rotatable bonds is 9. The molecule has 0 spiro atoms. The third kappa shape index (κ3) is 5.54. The average Bonchev–Trinajstić information content (AvgIpc) is 2.93. The van der Waals surface area contributed by atoms with Crippen LogP contribution < -0.4 is 5.32 Å². The fraction of sp³-hybridized carbons (Fsp3) is 0.241. The molecule has 4 aromatic rings. The summed E-state index contributed by atoms with van der Waals surface area (Å²) in [6, 6.07) is 26.5. The van der Waals surface area contributed by atoms with Gasteiger partial charge >= 0.3 is 0 Å². The second-order valence-corrected chi connectivity index (χ2v) is 11.0. The highest BCUT2D eigenvalue weighted by Gasteiger charge is 2.36. The van der Waals surface area contributed by atoms with Crippen molar-refractivity contribution in [2.45, 2.75) is 49.8 Å². The minimum absolute atomic E-state index is 0.298. The summed E-state index contributed by atoms with van der Waals surface area (Å²) < 4.78 is 30.0. The molecule has 184 valence electrons. The Morgan fingerprint density at radius 3 is 2.47 bits per heavy atom. The fourth-order valence-electron chi connectivity index (χ4n) is 4.78. The molecule has 2 aromatic carbocycles. The molecule has 0 bridgehead atoms. The number of aryl methyl sites for hydroxylation is 1. The minimum Gasteiger partial charge on any atom is -0.307 e. The van der Waals surface area contributed by atoms with Crippen LogP contribution in [-0.4, -0.2) is 22.7 Å². The average molecular weight is 499 g/mol. The van der Waals surface area contributed by atoms with Crippen molar-refractivity contribution in [3.8, 4) is 0 Å². The Balaban J connectivity index is 1.44. The molecule has 0 saturated heterocycles. The van der Waals surface area contributed by atoms with Crippen molar-refractivity contribution in [2.75, 3.05) is 0 Å². The second-order valence-electron chi connectivity index (χ2n) is 9.06. The molecule has 5 rings (SSSR count). The maximum absolute atomic E-state index is 14.2. The zero-order valence-electron chi connectivity index (χ0n) is 20.1. The van der Waals surface area contributed by atoms with E-state index in [2.05, 4.69) is 21.4 Å². The van der Waals surface area contributed by atoms with E-state index in [1.54, 1.807) is 28.8 Å². The van der Waals surface area contributed by atoms with E-state index in [9.17, 15) is 8.42 Å². The summed E-state index contributed by atoms with van der Waals surface area (Å²) in [5.74, 6) is 0. The van der Waals surface area contributed by atoms with Crippen LogP contribution in [0.3, 0.4) is 0 Å². The Bertz CT molecular complexity index is 1400. The van der Waals surface area contributed by atoms with Gasteiger partial charge in [-0.1, -0.05) is 54.6 Å². The van der Waals surface area contributed by atoms with E-state index in [0.29, 0.717) is 24.5 Å².